The predicted octanol–water partition coefficient (Wildman–Crippen LogP) is -4.36. The van der Waals surface area contributed by atoms with Gasteiger partial charge in [-0.3, -0.25) is 38.6 Å². The van der Waals surface area contributed by atoms with Crippen LogP contribution in [0.15, 0.2) is 16.8 Å². The zero-order valence-corrected chi connectivity index (χ0v) is 42.3. The minimum absolute atomic E-state index is 0.000151. The van der Waals surface area contributed by atoms with Gasteiger partial charge in [0, 0.05) is 38.8 Å². The summed E-state index contributed by atoms with van der Waals surface area (Å²) >= 11 is 0. The zero-order valence-electron chi connectivity index (χ0n) is 42.3. The lowest BCUT2D eigenvalue weighted by Crippen LogP contribution is -2.64. The summed E-state index contributed by atoms with van der Waals surface area (Å²) in [4.78, 5) is 100. The average Bonchev–Trinajstić information content (AvgIpc) is 3.32. The number of β-amino-alcohol motifs (C(OH)–C–C–N with tert-alkyl or cyclic N) is 1. The molecule has 1 aliphatic heterocycles. The van der Waals surface area contributed by atoms with Gasteiger partial charge in [0.2, 0.25) is 35.4 Å². The second-order valence-electron chi connectivity index (χ2n) is 18.5. The van der Waals surface area contributed by atoms with Gasteiger partial charge in [-0.15, -0.1) is 0 Å². The SMILES string of the molecule is C/C=C1\NC(=O)C(NC(=O)C[C@H](O)CCCCCCCCCCC)C(O)CNC(=O)C(C(O)CN)NC(=O)C(C(O)CN)NC(=O)[C@H](CCCN=C(N)N)NC[C@H](CC(C)C)NC(=O)[C@H](CCN)NC1=O. The number of hydrogen-bond acceptors (Lipinski definition) is 16. The summed E-state index contributed by atoms with van der Waals surface area (Å²) in [7, 11) is 0. The van der Waals surface area contributed by atoms with Crippen LogP contribution in [0.25, 0.3) is 0 Å². The Balaban J connectivity index is 3.69. The molecule has 0 radical (unpaired) electrons. The molecule has 1 fully saturated rings. The first kappa shape index (κ1) is 64.0. The molecule has 0 aromatic rings. The first-order valence-electron chi connectivity index (χ1n) is 25.1. The van der Waals surface area contributed by atoms with Crippen LogP contribution in [-0.4, -0.2) is 168 Å². The zero-order chi connectivity index (χ0) is 53.5. The van der Waals surface area contributed by atoms with Crippen LogP contribution in [-0.2, 0) is 33.6 Å². The summed E-state index contributed by atoms with van der Waals surface area (Å²) < 4.78 is 0. The highest BCUT2D eigenvalue weighted by molar-refractivity contribution is 6.01. The monoisotopic (exact) mass is 1010 g/mol. The van der Waals surface area contributed by atoms with Crippen molar-refractivity contribution in [2.75, 3.05) is 39.3 Å². The normalized spacial score (nSPS) is 24.6. The van der Waals surface area contributed by atoms with Gasteiger partial charge in [0.05, 0.1) is 30.8 Å². The quantitative estimate of drug-likeness (QED) is 0.0178. The van der Waals surface area contributed by atoms with Crippen molar-refractivity contribution in [3.05, 3.63) is 11.8 Å². The Morgan fingerprint density at radius 2 is 1.32 bits per heavy atom. The lowest BCUT2D eigenvalue weighted by molar-refractivity contribution is -0.137. The first-order chi connectivity index (χ1) is 33.7. The molecule has 0 aromatic heterocycles. The van der Waals surface area contributed by atoms with Crippen LogP contribution in [0.1, 0.15) is 124 Å². The van der Waals surface area contributed by atoms with Gasteiger partial charge in [0.25, 0.3) is 5.91 Å². The van der Waals surface area contributed by atoms with Crippen molar-refractivity contribution < 1.29 is 54.0 Å². The van der Waals surface area contributed by atoms with E-state index in [0.717, 1.165) is 32.1 Å². The maximum atomic E-state index is 14.0. The number of aliphatic imine (C=N–C) groups is 1. The van der Waals surface area contributed by atoms with E-state index in [1.54, 1.807) is 0 Å². The molecular weight excluding hydrogens is 925 g/mol. The van der Waals surface area contributed by atoms with Gasteiger partial charge in [-0.05, 0) is 51.5 Å². The molecule has 1 saturated heterocycles. The summed E-state index contributed by atoms with van der Waals surface area (Å²) in [6.07, 6.45) is 4.53. The highest BCUT2D eigenvalue weighted by atomic mass is 16.3. The molecule has 22 N–H and O–H groups in total. The van der Waals surface area contributed by atoms with Crippen LogP contribution in [0, 0.1) is 5.92 Å². The van der Waals surface area contributed by atoms with Gasteiger partial charge in [-0.1, -0.05) is 84.6 Å². The highest BCUT2D eigenvalue weighted by Gasteiger charge is 2.37. The number of aliphatic hydroxyl groups excluding tert-OH is 4. The number of carbonyl (C=O) groups is 7. The number of aliphatic hydroxyl groups is 4. The lowest BCUT2D eigenvalue weighted by atomic mass is 10.0. The highest BCUT2D eigenvalue weighted by Crippen LogP contribution is 2.14. The molecule has 71 heavy (non-hydrogen) atoms. The van der Waals surface area contributed by atoms with Crippen LogP contribution < -0.4 is 71.2 Å². The molecule has 6 unspecified atom stereocenters. The summed E-state index contributed by atoms with van der Waals surface area (Å²) in [5, 5.41) is 64.3. The molecule has 10 atom stereocenters. The molecule has 25 nitrogen and oxygen atoms in total. The third kappa shape index (κ3) is 25.8. The van der Waals surface area contributed by atoms with Crippen molar-refractivity contribution in [3.8, 4) is 0 Å². The molecule has 1 rings (SSSR count). The molecule has 1 aliphatic rings. The Kier molecular flexibility index (Phi) is 32.4. The fraction of sp³-hybridized carbons (Fsp3) is 0.783. The summed E-state index contributed by atoms with van der Waals surface area (Å²) in [6.45, 7) is 5.45. The summed E-state index contributed by atoms with van der Waals surface area (Å²) in [6, 6.07) is -8.60. The summed E-state index contributed by atoms with van der Waals surface area (Å²) in [5.41, 5.74) is 27.9. The maximum absolute atomic E-state index is 14.0. The molecule has 25 heteroatoms. The molecule has 0 aliphatic carbocycles. The molecule has 0 aromatic carbocycles. The summed E-state index contributed by atoms with van der Waals surface area (Å²) in [5.74, 6) is -6.87. The van der Waals surface area contributed by atoms with E-state index in [1.165, 1.54) is 32.3 Å². The van der Waals surface area contributed by atoms with Crippen molar-refractivity contribution >= 4 is 47.3 Å². The molecule has 0 saturated carbocycles. The van der Waals surface area contributed by atoms with Gasteiger partial charge >= 0.3 is 0 Å². The van der Waals surface area contributed by atoms with E-state index in [-0.39, 0.29) is 56.5 Å². The Hall–Kier alpha value is -5.02. The first-order valence-corrected chi connectivity index (χ1v) is 25.1. The molecule has 1 heterocycles. The number of guanidine groups is 1. The number of unbranched alkanes of at least 4 members (excludes halogenated alkanes) is 8. The van der Waals surface area contributed by atoms with Gasteiger partial charge in [0.1, 0.15) is 36.0 Å². The van der Waals surface area contributed by atoms with Gasteiger partial charge < -0.3 is 91.6 Å². The van der Waals surface area contributed by atoms with Crippen LogP contribution >= 0.6 is 0 Å². The minimum Gasteiger partial charge on any atom is -0.393 e. The van der Waals surface area contributed by atoms with Gasteiger partial charge in [-0.25, -0.2) is 0 Å². The van der Waals surface area contributed by atoms with Crippen molar-refractivity contribution in [1.29, 1.82) is 0 Å². The number of amides is 7. The third-order valence-corrected chi connectivity index (χ3v) is 11.8. The second kappa shape index (κ2) is 36.0. The Labute approximate surface area is 418 Å². The molecular formula is C46H88N14O11. The Morgan fingerprint density at radius 1 is 0.746 bits per heavy atom. The number of carbonyl (C=O) groups excluding carboxylic acids is 7. The maximum Gasteiger partial charge on any atom is 0.268 e. The minimum atomic E-state index is -1.96. The van der Waals surface area contributed by atoms with Gasteiger partial charge in [-0.2, -0.15) is 0 Å². The van der Waals surface area contributed by atoms with E-state index < -0.39 is 128 Å². The van der Waals surface area contributed by atoms with Crippen LogP contribution in [0.4, 0.5) is 0 Å². The van der Waals surface area contributed by atoms with E-state index in [4.69, 9.17) is 28.7 Å². The van der Waals surface area contributed by atoms with Crippen LogP contribution in [0.3, 0.4) is 0 Å². The third-order valence-electron chi connectivity index (χ3n) is 11.8. The fourth-order valence-electron chi connectivity index (χ4n) is 7.77. The number of allylic oxidation sites excluding steroid dienone is 1. The van der Waals surface area contributed by atoms with Crippen LogP contribution in [0.2, 0.25) is 0 Å². The van der Waals surface area contributed by atoms with E-state index in [1.807, 2.05) is 13.8 Å². The van der Waals surface area contributed by atoms with Crippen molar-refractivity contribution in [1.82, 2.24) is 42.5 Å². The van der Waals surface area contributed by atoms with Crippen molar-refractivity contribution in [2.24, 2.45) is 39.6 Å². The average molecular weight is 1010 g/mol. The second-order valence-corrected chi connectivity index (χ2v) is 18.5. The van der Waals surface area contributed by atoms with Crippen molar-refractivity contribution in [3.63, 3.8) is 0 Å². The molecule has 0 spiro atoms. The Bertz CT molecular complexity index is 1700. The number of nitrogens with one attached hydrogen (secondary N) is 8. The number of rotatable bonds is 25. The topological polar surface area (TPSA) is 439 Å². The van der Waals surface area contributed by atoms with E-state index in [0.29, 0.717) is 19.3 Å². The van der Waals surface area contributed by atoms with E-state index in [9.17, 15) is 54.0 Å². The number of nitrogens with zero attached hydrogens (tertiary/aromatic N) is 1. The van der Waals surface area contributed by atoms with Crippen molar-refractivity contribution in [2.45, 2.75) is 185 Å². The molecule has 0 bridgehead atoms. The van der Waals surface area contributed by atoms with Crippen LogP contribution in [0.5, 0.6) is 0 Å². The smallest absolute Gasteiger partial charge is 0.268 e. The van der Waals surface area contributed by atoms with E-state index in [2.05, 4.69) is 54.5 Å². The number of nitrogens with two attached hydrogens (primary N) is 5. The lowest BCUT2D eigenvalue weighted by Gasteiger charge is -2.30. The fourth-order valence-corrected chi connectivity index (χ4v) is 7.77. The molecule has 7 amide bonds. The largest absolute Gasteiger partial charge is 0.393 e. The standard InChI is InChI=1S/C46H88N14O11/c1-5-7-8-9-10-11-12-13-14-16-29(61)22-36(65)58-39-35(64)26-54-43(69)37(33(62)23-48)60-45(71)38(34(63)24-49)59-41(67)31(17-15-20-52-46(50)51)53-25-28(21-27(3)4)55-42(68)32(18-19-47)57-40(66)30(6-2)56-44(39)70/h6,27-29,31-35,37-39,53,61-64H,5,7-26,47-49H2,1-4H3,(H,54,69)(H,55,68)(H,56,70)(H,57,66)(H,58,65)(H,59,67)(H,60,71)(H4,50,51,52)/b30-6-/t28-,29+,31-,32-,33?,34?,35?,37?,38?,39?/m0/s1. The predicted molar refractivity (Wildman–Crippen MR) is 268 cm³/mol. The molecule has 408 valence electrons. The van der Waals surface area contributed by atoms with Gasteiger partial charge in [0.15, 0.2) is 5.96 Å². The van der Waals surface area contributed by atoms with E-state index >= 15 is 0 Å². The number of hydrogen-bond donors (Lipinski definition) is 17. The Morgan fingerprint density at radius 3 is 1.89 bits per heavy atom.